The number of hydrogen-bond donors (Lipinski definition) is 1. The van der Waals surface area contributed by atoms with Crippen LogP contribution in [0.1, 0.15) is 20.7 Å². The molecule has 1 aliphatic rings. The molecular formula is C14H10N2O5S. The van der Waals surface area contributed by atoms with Crippen LogP contribution in [0.2, 0.25) is 0 Å². The van der Waals surface area contributed by atoms with Crippen LogP contribution in [0, 0.1) is 0 Å². The average molecular weight is 318 g/mol. The Morgan fingerprint density at radius 2 is 1.50 bits per heavy atom. The van der Waals surface area contributed by atoms with Crippen molar-refractivity contribution in [2.24, 2.45) is 0 Å². The van der Waals surface area contributed by atoms with Crippen molar-refractivity contribution in [3.05, 3.63) is 66.1 Å². The van der Waals surface area contributed by atoms with Crippen molar-refractivity contribution in [2.75, 3.05) is 0 Å². The van der Waals surface area contributed by atoms with E-state index in [-0.39, 0.29) is 17.4 Å². The van der Waals surface area contributed by atoms with Gasteiger partial charge in [0.2, 0.25) is 0 Å². The molecule has 8 heteroatoms. The number of hydrogen-bond acceptors (Lipinski definition) is 7. The van der Waals surface area contributed by atoms with Crippen LogP contribution in [-0.2, 0) is 11.0 Å². The first-order chi connectivity index (χ1) is 10.6. The molecule has 0 fully saturated rings. The van der Waals surface area contributed by atoms with Gasteiger partial charge in [0.15, 0.2) is 11.6 Å². The summed E-state index contributed by atoms with van der Waals surface area (Å²) in [4.78, 5) is 29.5. The number of aromatic nitrogens is 2. The fraction of sp³-hybridized carbons (Fsp3) is 0. The molecule has 112 valence electrons. The minimum atomic E-state index is -2.88. The van der Waals surface area contributed by atoms with E-state index >= 15 is 0 Å². The number of allylic oxidation sites excluding steroid dienone is 2. The maximum atomic E-state index is 11.2. The van der Waals surface area contributed by atoms with Gasteiger partial charge in [-0.05, 0) is 12.2 Å². The van der Waals surface area contributed by atoms with Gasteiger partial charge in [0.1, 0.15) is 0 Å². The van der Waals surface area contributed by atoms with Crippen molar-refractivity contribution in [3.8, 4) is 5.88 Å². The Bertz CT molecular complexity index is 755. The molecule has 1 aliphatic carbocycles. The van der Waals surface area contributed by atoms with Crippen LogP contribution >= 0.6 is 0 Å². The first kappa shape index (κ1) is 15.5. The largest absolute Gasteiger partial charge is 0.362 e. The number of ketones is 2. The van der Waals surface area contributed by atoms with Crippen molar-refractivity contribution >= 4 is 22.6 Å². The van der Waals surface area contributed by atoms with E-state index in [9.17, 15) is 18.0 Å². The van der Waals surface area contributed by atoms with Gasteiger partial charge in [0, 0.05) is 23.5 Å². The van der Waals surface area contributed by atoms with Crippen molar-refractivity contribution in [1.82, 2.24) is 9.97 Å². The molecule has 0 unspecified atom stereocenters. The molecule has 0 atom stereocenters. The zero-order valence-corrected chi connectivity index (χ0v) is 12.0. The summed E-state index contributed by atoms with van der Waals surface area (Å²) < 4.78 is 24.0. The lowest BCUT2D eigenvalue weighted by atomic mass is 9.95. The van der Waals surface area contributed by atoms with Gasteiger partial charge in [0.05, 0.1) is 6.20 Å². The van der Waals surface area contributed by atoms with Gasteiger partial charge in [0.25, 0.3) is 5.88 Å². The monoisotopic (exact) mass is 318 g/mol. The Morgan fingerprint density at radius 3 is 1.95 bits per heavy atom. The number of carbonyl (C=O) groups excluding carboxylic acids is 2. The highest BCUT2D eigenvalue weighted by Gasteiger charge is 2.16. The molecule has 22 heavy (non-hydrogen) atoms. The summed E-state index contributed by atoms with van der Waals surface area (Å²) in [5.74, 6) is -0.200. The molecular weight excluding hydrogens is 308 g/mol. The van der Waals surface area contributed by atoms with Crippen molar-refractivity contribution < 1.29 is 22.2 Å². The minimum Gasteiger partial charge on any atom is -0.362 e. The lowest BCUT2D eigenvalue weighted by Crippen LogP contribution is -2.10. The van der Waals surface area contributed by atoms with E-state index in [4.69, 9.17) is 0 Å². The maximum Gasteiger partial charge on any atom is 0.300 e. The second-order valence-electron chi connectivity index (χ2n) is 3.97. The molecule has 2 aromatic rings. The van der Waals surface area contributed by atoms with Crippen LogP contribution in [0.15, 0.2) is 55.0 Å². The Hall–Kier alpha value is -2.87. The summed E-state index contributed by atoms with van der Waals surface area (Å²) in [5, 5.41) is 0. The van der Waals surface area contributed by atoms with E-state index in [1.165, 1.54) is 30.7 Å². The minimum absolute atomic E-state index is 0.0152. The van der Waals surface area contributed by atoms with Crippen LogP contribution in [0.25, 0.3) is 0 Å². The standard InChI is InChI=1S/C10H6O2.C4H4N2O3S/c11-9-5-6-10(12)8-4-2-1-3-7(8)9;7-10(8)9-4-3-5-1-2-6-4/h1-6H;1-3,10H. The van der Waals surface area contributed by atoms with Crippen LogP contribution < -0.4 is 4.18 Å². The second-order valence-corrected chi connectivity index (χ2v) is 4.60. The summed E-state index contributed by atoms with van der Waals surface area (Å²) in [6, 6.07) is 6.84. The second kappa shape index (κ2) is 7.23. The lowest BCUT2D eigenvalue weighted by Gasteiger charge is -2.06. The van der Waals surface area contributed by atoms with Crippen molar-refractivity contribution in [2.45, 2.75) is 0 Å². The molecule has 0 aliphatic heterocycles. The molecule has 7 nitrogen and oxygen atoms in total. The van der Waals surface area contributed by atoms with Gasteiger partial charge in [-0.15, -0.1) is 0 Å². The highest BCUT2D eigenvalue weighted by atomic mass is 32.2. The van der Waals surface area contributed by atoms with Crippen LogP contribution in [0.4, 0.5) is 0 Å². The number of rotatable bonds is 2. The van der Waals surface area contributed by atoms with Gasteiger partial charge >= 0.3 is 11.0 Å². The van der Waals surface area contributed by atoms with Crippen LogP contribution in [0.5, 0.6) is 5.88 Å². The van der Waals surface area contributed by atoms with Gasteiger partial charge in [-0.3, -0.25) is 14.6 Å². The molecule has 0 amide bonds. The lowest BCUT2D eigenvalue weighted by molar-refractivity contribution is 0.0994. The molecule has 0 bridgehead atoms. The predicted molar refractivity (Wildman–Crippen MR) is 77.2 cm³/mol. The topological polar surface area (TPSA) is 103 Å². The Balaban J connectivity index is 0.000000164. The number of benzene rings is 1. The fourth-order valence-corrected chi connectivity index (χ4v) is 1.90. The molecule has 0 saturated carbocycles. The average Bonchev–Trinajstić information content (AvgIpc) is 2.52. The highest BCUT2D eigenvalue weighted by molar-refractivity contribution is 7.67. The smallest absolute Gasteiger partial charge is 0.300 e. The SMILES string of the molecule is O=C1C=CC(=O)c2ccccc21.O=[SH](=O)Oc1cnccn1. The van der Waals surface area contributed by atoms with E-state index in [1.807, 2.05) is 0 Å². The van der Waals surface area contributed by atoms with Gasteiger partial charge in [-0.25, -0.2) is 4.98 Å². The van der Waals surface area contributed by atoms with Crippen molar-refractivity contribution in [3.63, 3.8) is 0 Å². The fourth-order valence-electron chi connectivity index (χ4n) is 1.65. The summed E-state index contributed by atoms with van der Waals surface area (Å²) >= 11 is 0. The summed E-state index contributed by atoms with van der Waals surface area (Å²) in [5.41, 5.74) is 1.01. The third-order valence-corrected chi connectivity index (χ3v) is 2.89. The van der Waals surface area contributed by atoms with E-state index in [2.05, 4.69) is 14.2 Å². The molecule has 1 heterocycles. The molecule has 0 saturated heterocycles. The zero-order valence-electron chi connectivity index (χ0n) is 11.1. The summed E-state index contributed by atoms with van der Waals surface area (Å²) in [7, 11) is -2.88. The normalized spacial score (nSPS) is 12.4. The molecule has 1 aromatic heterocycles. The molecule has 1 aromatic carbocycles. The number of fused-ring (bicyclic) bond motifs is 1. The quantitative estimate of drug-likeness (QED) is 0.824. The molecule has 3 rings (SSSR count). The van der Waals surface area contributed by atoms with E-state index in [1.54, 1.807) is 24.3 Å². The Kier molecular flexibility index (Phi) is 5.10. The molecule has 0 radical (unpaired) electrons. The Morgan fingerprint density at radius 1 is 0.909 bits per heavy atom. The van der Waals surface area contributed by atoms with E-state index in [0.717, 1.165) is 0 Å². The molecule has 0 spiro atoms. The van der Waals surface area contributed by atoms with E-state index in [0.29, 0.717) is 11.1 Å². The number of carbonyl (C=O) groups is 2. The summed E-state index contributed by atoms with van der Waals surface area (Å²) in [6.07, 6.45) is 6.60. The van der Waals surface area contributed by atoms with Crippen LogP contribution in [-0.4, -0.2) is 30.0 Å². The number of thiol groups is 1. The third-order valence-electron chi connectivity index (χ3n) is 2.55. The summed E-state index contributed by atoms with van der Waals surface area (Å²) in [6.45, 7) is 0. The molecule has 0 N–H and O–H groups in total. The van der Waals surface area contributed by atoms with E-state index < -0.39 is 11.0 Å². The number of nitrogens with zero attached hydrogens (tertiary/aromatic N) is 2. The van der Waals surface area contributed by atoms with Gasteiger partial charge in [-0.1, -0.05) is 24.3 Å². The Labute approximate surface area is 127 Å². The zero-order chi connectivity index (χ0) is 15.9. The van der Waals surface area contributed by atoms with Gasteiger partial charge < -0.3 is 4.18 Å². The maximum absolute atomic E-state index is 11.2. The van der Waals surface area contributed by atoms with Gasteiger partial charge in [-0.2, -0.15) is 8.42 Å². The first-order valence-corrected chi connectivity index (χ1v) is 7.11. The van der Waals surface area contributed by atoms with Crippen molar-refractivity contribution in [1.29, 1.82) is 0 Å². The van der Waals surface area contributed by atoms with Crippen LogP contribution in [0.3, 0.4) is 0 Å². The third kappa shape index (κ3) is 4.06. The predicted octanol–water partition coefficient (Wildman–Crippen LogP) is 1.00. The highest BCUT2D eigenvalue weighted by Crippen LogP contribution is 2.15. The first-order valence-electron chi connectivity index (χ1n) is 6.02.